The van der Waals surface area contributed by atoms with Crippen LogP contribution in [0.15, 0.2) is 36.5 Å². The summed E-state index contributed by atoms with van der Waals surface area (Å²) < 4.78 is 28.3. The van der Waals surface area contributed by atoms with Crippen LogP contribution < -0.4 is 10.1 Å². The molecule has 0 radical (unpaired) electrons. The van der Waals surface area contributed by atoms with E-state index in [-0.39, 0.29) is 12.2 Å². The Morgan fingerprint density at radius 2 is 2.00 bits per heavy atom. The second kappa shape index (κ2) is 7.14. The van der Waals surface area contributed by atoms with Crippen LogP contribution in [0.5, 0.6) is 5.75 Å². The normalized spacial score (nSPS) is 10.2. The molecule has 5 nitrogen and oxygen atoms in total. The van der Waals surface area contributed by atoms with Crippen molar-refractivity contribution < 1.29 is 13.5 Å². The monoisotopic (exact) mass is 290 g/mol. The average Bonchev–Trinajstić information content (AvgIpc) is 2.47. The van der Waals surface area contributed by atoms with Gasteiger partial charge in [-0.3, -0.25) is 0 Å². The maximum atomic E-state index is 12.0. The van der Waals surface area contributed by atoms with E-state index in [0.717, 1.165) is 5.56 Å². The molecule has 2 aromatic rings. The topological polar surface area (TPSA) is 70.8 Å². The standard InChI is InChI=1S/C14H12F2N4O/c15-13(16)21-12-3-1-10(2-4-12)9-19-14-18-8-6-11(20-14)5-7-17/h1-4,6,8,13H,5,9H2,(H,18,19,20). The number of hydrogen-bond donors (Lipinski definition) is 1. The maximum Gasteiger partial charge on any atom is 0.387 e. The van der Waals surface area contributed by atoms with Gasteiger partial charge in [-0.05, 0) is 23.8 Å². The van der Waals surface area contributed by atoms with Crippen LogP contribution in [-0.2, 0) is 13.0 Å². The molecule has 0 aliphatic heterocycles. The number of anilines is 1. The Bertz CT molecular complexity index is 626. The van der Waals surface area contributed by atoms with E-state index in [9.17, 15) is 8.78 Å². The van der Waals surface area contributed by atoms with Crippen LogP contribution in [0, 0.1) is 11.3 Å². The first kappa shape index (κ1) is 14.7. The molecule has 1 aromatic heterocycles. The zero-order valence-electron chi connectivity index (χ0n) is 11.0. The quantitative estimate of drug-likeness (QED) is 0.885. The van der Waals surface area contributed by atoms with Crippen molar-refractivity contribution in [2.45, 2.75) is 19.6 Å². The molecule has 0 spiro atoms. The molecule has 0 saturated heterocycles. The van der Waals surface area contributed by atoms with E-state index in [1.54, 1.807) is 24.4 Å². The van der Waals surface area contributed by atoms with Crippen LogP contribution in [0.1, 0.15) is 11.3 Å². The lowest BCUT2D eigenvalue weighted by atomic mass is 10.2. The first-order valence-corrected chi connectivity index (χ1v) is 6.14. The summed E-state index contributed by atoms with van der Waals surface area (Å²) in [5, 5.41) is 11.6. The maximum absolute atomic E-state index is 12.0. The Labute approximate surface area is 120 Å². The fraction of sp³-hybridized carbons (Fsp3) is 0.214. The van der Waals surface area contributed by atoms with E-state index in [0.29, 0.717) is 18.2 Å². The molecule has 0 fully saturated rings. The number of hydrogen-bond acceptors (Lipinski definition) is 5. The van der Waals surface area contributed by atoms with Crippen molar-refractivity contribution in [3.63, 3.8) is 0 Å². The highest BCUT2D eigenvalue weighted by Crippen LogP contribution is 2.15. The highest BCUT2D eigenvalue weighted by Gasteiger charge is 2.04. The predicted molar refractivity (Wildman–Crippen MR) is 71.7 cm³/mol. The minimum atomic E-state index is -2.83. The number of benzene rings is 1. The van der Waals surface area contributed by atoms with Crippen LogP contribution in [0.2, 0.25) is 0 Å². The Kier molecular flexibility index (Phi) is 4.99. The minimum absolute atomic E-state index is 0.112. The lowest BCUT2D eigenvalue weighted by molar-refractivity contribution is -0.0498. The van der Waals surface area contributed by atoms with E-state index >= 15 is 0 Å². The van der Waals surface area contributed by atoms with Gasteiger partial charge < -0.3 is 10.1 Å². The number of ether oxygens (including phenoxy) is 1. The zero-order chi connectivity index (χ0) is 15.1. The number of rotatable bonds is 6. The number of halogens is 2. The summed E-state index contributed by atoms with van der Waals surface area (Å²) >= 11 is 0. The third kappa shape index (κ3) is 4.69. The summed E-state index contributed by atoms with van der Waals surface area (Å²) in [5.74, 6) is 0.525. The van der Waals surface area contributed by atoms with E-state index in [4.69, 9.17) is 5.26 Å². The molecule has 2 rings (SSSR count). The van der Waals surface area contributed by atoms with Crippen molar-refractivity contribution in [1.29, 1.82) is 5.26 Å². The molecular weight excluding hydrogens is 278 g/mol. The summed E-state index contributed by atoms with van der Waals surface area (Å²) in [5.41, 5.74) is 1.50. The highest BCUT2D eigenvalue weighted by molar-refractivity contribution is 5.32. The van der Waals surface area contributed by atoms with Gasteiger partial charge in [0.1, 0.15) is 5.75 Å². The molecule has 1 N–H and O–H groups in total. The summed E-state index contributed by atoms with van der Waals surface area (Å²) in [4.78, 5) is 8.20. The number of nitrogens with zero attached hydrogens (tertiary/aromatic N) is 3. The van der Waals surface area contributed by atoms with Gasteiger partial charge in [-0.25, -0.2) is 9.97 Å². The molecule has 0 atom stereocenters. The van der Waals surface area contributed by atoms with Crippen molar-refractivity contribution in [2.24, 2.45) is 0 Å². The average molecular weight is 290 g/mol. The molecule has 0 aliphatic rings. The van der Waals surface area contributed by atoms with Crippen molar-refractivity contribution in [1.82, 2.24) is 9.97 Å². The first-order chi connectivity index (χ1) is 10.2. The van der Waals surface area contributed by atoms with E-state index < -0.39 is 6.61 Å². The van der Waals surface area contributed by atoms with E-state index in [2.05, 4.69) is 20.0 Å². The molecule has 7 heteroatoms. The third-order valence-electron chi connectivity index (χ3n) is 2.57. The lowest BCUT2D eigenvalue weighted by Gasteiger charge is -2.07. The molecular formula is C14H12F2N4O. The fourth-order valence-electron chi connectivity index (χ4n) is 1.63. The summed E-state index contributed by atoms with van der Waals surface area (Å²) in [6, 6.07) is 9.96. The Morgan fingerprint density at radius 1 is 1.24 bits per heavy atom. The zero-order valence-corrected chi connectivity index (χ0v) is 11.0. The third-order valence-corrected chi connectivity index (χ3v) is 2.57. The summed E-state index contributed by atoms with van der Waals surface area (Å²) in [6.45, 7) is -2.39. The minimum Gasteiger partial charge on any atom is -0.435 e. The molecule has 21 heavy (non-hydrogen) atoms. The smallest absolute Gasteiger partial charge is 0.387 e. The summed E-state index contributed by atoms with van der Waals surface area (Å²) in [6.07, 6.45) is 1.79. The number of nitrogens with one attached hydrogen (secondary N) is 1. The van der Waals surface area contributed by atoms with Gasteiger partial charge in [0.05, 0.1) is 18.2 Å². The van der Waals surface area contributed by atoms with Crippen LogP contribution in [0.4, 0.5) is 14.7 Å². The summed E-state index contributed by atoms with van der Waals surface area (Å²) in [7, 11) is 0. The molecule has 0 bridgehead atoms. The molecule has 0 amide bonds. The molecule has 0 aliphatic carbocycles. The molecule has 0 saturated carbocycles. The van der Waals surface area contributed by atoms with Crippen LogP contribution >= 0.6 is 0 Å². The molecule has 108 valence electrons. The van der Waals surface area contributed by atoms with Gasteiger partial charge in [-0.15, -0.1) is 0 Å². The van der Waals surface area contributed by atoms with Gasteiger partial charge in [-0.2, -0.15) is 14.0 Å². The fourth-order valence-corrected chi connectivity index (χ4v) is 1.63. The van der Waals surface area contributed by atoms with Gasteiger partial charge >= 0.3 is 6.61 Å². The van der Waals surface area contributed by atoms with Crippen molar-refractivity contribution in [3.05, 3.63) is 47.8 Å². The Balaban J connectivity index is 1.93. The molecule has 0 unspecified atom stereocenters. The van der Waals surface area contributed by atoms with Crippen LogP contribution in [0.25, 0.3) is 0 Å². The Morgan fingerprint density at radius 3 is 2.67 bits per heavy atom. The number of alkyl halides is 2. The molecule has 1 aromatic carbocycles. The first-order valence-electron chi connectivity index (χ1n) is 6.14. The van der Waals surface area contributed by atoms with Crippen molar-refractivity contribution >= 4 is 5.95 Å². The highest BCUT2D eigenvalue weighted by atomic mass is 19.3. The lowest BCUT2D eigenvalue weighted by Crippen LogP contribution is -2.05. The number of nitriles is 1. The van der Waals surface area contributed by atoms with Crippen LogP contribution in [0.3, 0.4) is 0 Å². The second-order valence-corrected chi connectivity index (χ2v) is 4.08. The van der Waals surface area contributed by atoms with E-state index in [1.807, 2.05) is 6.07 Å². The molecule has 1 heterocycles. The van der Waals surface area contributed by atoms with Crippen molar-refractivity contribution in [3.8, 4) is 11.8 Å². The number of aromatic nitrogens is 2. The van der Waals surface area contributed by atoms with Gasteiger partial charge in [0.25, 0.3) is 0 Å². The SMILES string of the molecule is N#CCc1ccnc(NCc2ccc(OC(F)F)cc2)n1. The predicted octanol–water partition coefficient (Wildman–Crippen LogP) is 2.76. The second-order valence-electron chi connectivity index (χ2n) is 4.08. The Hall–Kier alpha value is -2.75. The van der Waals surface area contributed by atoms with Crippen LogP contribution in [-0.4, -0.2) is 16.6 Å². The van der Waals surface area contributed by atoms with Gasteiger partial charge in [0.2, 0.25) is 5.95 Å². The van der Waals surface area contributed by atoms with E-state index in [1.165, 1.54) is 12.1 Å². The van der Waals surface area contributed by atoms with Gasteiger partial charge in [0.15, 0.2) is 0 Å². The van der Waals surface area contributed by atoms with Gasteiger partial charge in [-0.1, -0.05) is 12.1 Å². The van der Waals surface area contributed by atoms with Crippen molar-refractivity contribution in [2.75, 3.05) is 5.32 Å². The largest absolute Gasteiger partial charge is 0.435 e. The van der Waals surface area contributed by atoms with Gasteiger partial charge in [0, 0.05) is 12.7 Å².